The smallest absolute Gasteiger partial charge is 0.177 e. The second-order valence-corrected chi connectivity index (χ2v) is 5.68. The Bertz CT molecular complexity index is 724. The molecule has 96 valence electrons. The van der Waals surface area contributed by atoms with E-state index in [1.807, 2.05) is 17.5 Å². The van der Waals surface area contributed by atoms with Gasteiger partial charge in [-0.2, -0.15) is 0 Å². The lowest BCUT2D eigenvalue weighted by molar-refractivity contribution is 0.436. The molecule has 0 aliphatic heterocycles. The van der Waals surface area contributed by atoms with E-state index in [4.69, 9.17) is 10.3 Å². The molecular weight excluding hydrogens is 331 g/mol. The van der Waals surface area contributed by atoms with Gasteiger partial charge in [0.2, 0.25) is 0 Å². The molecule has 6 heteroatoms. The number of thiophene rings is 1. The molecule has 0 fully saturated rings. The highest BCUT2D eigenvalue weighted by Crippen LogP contribution is 2.39. The lowest BCUT2D eigenvalue weighted by atomic mass is 10.1. The summed E-state index contributed by atoms with van der Waals surface area (Å²) in [6.07, 6.45) is 0. The normalized spacial score (nSPS) is 10.8. The lowest BCUT2D eigenvalue weighted by Gasteiger charge is -2.01. The van der Waals surface area contributed by atoms with Crippen molar-refractivity contribution in [2.24, 2.45) is 0 Å². The number of nitrogens with two attached hydrogens (primary N) is 1. The number of anilines is 1. The highest BCUT2D eigenvalue weighted by atomic mass is 79.9. The Balaban J connectivity index is 2.18. The minimum absolute atomic E-state index is 0.306. The van der Waals surface area contributed by atoms with Gasteiger partial charge >= 0.3 is 0 Å². The Kier molecular flexibility index (Phi) is 3.12. The first-order valence-electron chi connectivity index (χ1n) is 5.41. The third-order valence-corrected chi connectivity index (χ3v) is 4.20. The van der Waals surface area contributed by atoms with E-state index < -0.39 is 0 Å². The predicted molar refractivity (Wildman–Crippen MR) is 77.3 cm³/mol. The molecule has 0 saturated carbocycles. The van der Waals surface area contributed by atoms with Crippen LogP contribution in [0.3, 0.4) is 0 Å². The third kappa shape index (κ3) is 2.17. The second kappa shape index (κ2) is 4.79. The molecule has 0 unspecified atom stereocenters. The van der Waals surface area contributed by atoms with Crippen molar-refractivity contribution in [2.75, 3.05) is 5.73 Å². The Morgan fingerprint density at radius 1 is 1.32 bits per heavy atom. The van der Waals surface area contributed by atoms with E-state index in [2.05, 4.69) is 21.1 Å². The van der Waals surface area contributed by atoms with Crippen molar-refractivity contribution in [1.82, 2.24) is 5.16 Å². The summed E-state index contributed by atoms with van der Waals surface area (Å²) in [7, 11) is 0. The van der Waals surface area contributed by atoms with Gasteiger partial charge in [-0.15, -0.1) is 11.3 Å². The van der Waals surface area contributed by atoms with Crippen LogP contribution in [-0.4, -0.2) is 5.16 Å². The average molecular weight is 339 g/mol. The zero-order valence-electron chi connectivity index (χ0n) is 9.56. The van der Waals surface area contributed by atoms with E-state index in [1.165, 1.54) is 17.4 Å². The summed E-state index contributed by atoms with van der Waals surface area (Å²) in [6.45, 7) is 0. The number of hydrogen-bond acceptors (Lipinski definition) is 4. The molecule has 19 heavy (non-hydrogen) atoms. The van der Waals surface area contributed by atoms with Crippen LogP contribution >= 0.6 is 27.3 Å². The first-order valence-corrected chi connectivity index (χ1v) is 7.08. The van der Waals surface area contributed by atoms with Crippen LogP contribution in [0.15, 0.2) is 44.7 Å². The van der Waals surface area contributed by atoms with Crippen LogP contribution in [0, 0.1) is 5.82 Å². The Morgan fingerprint density at radius 3 is 2.84 bits per heavy atom. The van der Waals surface area contributed by atoms with Crippen LogP contribution in [0.2, 0.25) is 0 Å². The van der Waals surface area contributed by atoms with Crippen LogP contribution in [0.5, 0.6) is 0 Å². The zero-order chi connectivity index (χ0) is 13.4. The Labute approximate surface area is 121 Å². The van der Waals surface area contributed by atoms with Gasteiger partial charge in [0.05, 0.1) is 10.0 Å². The van der Waals surface area contributed by atoms with Crippen molar-refractivity contribution in [2.45, 2.75) is 0 Å². The highest BCUT2D eigenvalue weighted by molar-refractivity contribution is 9.10. The van der Waals surface area contributed by atoms with Gasteiger partial charge in [-0.1, -0.05) is 11.2 Å². The molecule has 1 aromatic carbocycles. The standard InChI is InChI=1S/C13H8BrFN2OS/c14-8-4-3-7(6-9(8)15)12-11(13(16)17-18-12)10-2-1-5-19-10/h1-6H,(H2,16,17). The maximum absolute atomic E-state index is 13.6. The monoisotopic (exact) mass is 338 g/mol. The number of nitrogen functional groups attached to an aromatic ring is 1. The molecule has 0 aliphatic rings. The summed E-state index contributed by atoms with van der Waals surface area (Å²) in [5.74, 6) is 0.428. The van der Waals surface area contributed by atoms with Crippen LogP contribution in [-0.2, 0) is 0 Å². The summed E-state index contributed by atoms with van der Waals surface area (Å²) >= 11 is 4.65. The van der Waals surface area contributed by atoms with E-state index in [9.17, 15) is 4.39 Å². The SMILES string of the molecule is Nc1noc(-c2ccc(Br)c(F)c2)c1-c1cccs1. The number of rotatable bonds is 2. The van der Waals surface area contributed by atoms with Gasteiger partial charge in [-0.3, -0.25) is 0 Å². The molecule has 0 atom stereocenters. The highest BCUT2D eigenvalue weighted by Gasteiger charge is 2.19. The summed E-state index contributed by atoms with van der Waals surface area (Å²) in [5, 5.41) is 5.71. The van der Waals surface area contributed by atoms with Gasteiger partial charge in [0, 0.05) is 10.4 Å². The van der Waals surface area contributed by atoms with E-state index in [-0.39, 0.29) is 5.82 Å². The quantitative estimate of drug-likeness (QED) is 0.745. The van der Waals surface area contributed by atoms with Gasteiger partial charge in [0.15, 0.2) is 11.6 Å². The van der Waals surface area contributed by atoms with Gasteiger partial charge in [0.1, 0.15) is 5.82 Å². The van der Waals surface area contributed by atoms with Gasteiger partial charge in [0.25, 0.3) is 0 Å². The molecular formula is C13H8BrFN2OS. The number of hydrogen-bond donors (Lipinski definition) is 1. The van der Waals surface area contributed by atoms with Crippen molar-refractivity contribution in [3.8, 4) is 21.8 Å². The van der Waals surface area contributed by atoms with E-state index in [0.717, 1.165) is 4.88 Å². The maximum atomic E-state index is 13.6. The molecule has 3 rings (SSSR count). The van der Waals surface area contributed by atoms with Gasteiger partial charge in [-0.05, 0) is 45.6 Å². The minimum atomic E-state index is -0.357. The summed E-state index contributed by atoms with van der Waals surface area (Å²) in [6, 6.07) is 8.61. The second-order valence-electron chi connectivity index (χ2n) is 3.88. The number of benzene rings is 1. The topological polar surface area (TPSA) is 52.0 Å². The lowest BCUT2D eigenvalue weighted by Crippen LogP contribution is -1.87. The van der Waals surface area contributed by atoms with Crippen LogP contribution in [0.25, 0.3) is 21.8 Å². The fourth-order valence-corrected chi connectivity index (χ4v) is 2.82. The maximum Gasteiger partial charge on any atom is 0.177 e. The number of halogens is 2. The molecule has 0 amide bonds. The zero-order valence-corrected chi connectivity index (χ0v) is 12.0. The van der Waals surface area contributed by atoms with E-state index in [0.29, 0.717) is 27.2 Å². The molecule has 0 spiro atoms. The van der Waals surface area contributed by atoms with Crippen LogP contribution in [0.4, 0.5) is 10.2 Å². The molecule has 2 aromatic heterocycles. The van der Waals surface area contributed by atoms with Crippen molar-refractivity contribution in [3.05, 3.63) is 46.0 Å². The van der Waals surface area contributed by atoms with Crippen LogP contribution < -0.4 is 5.73 Å². The predicted octanol–water partition coefficient (Wildman–Crippen LogP) is 4.55. The molecule has 2 heterocycles. The molecule has 2 N–H and O–H groups in total. The van der Waals surface area contributed by atoms with Gasteiger partial charge < -0.3 is 10.3 Å². The fraction of sp³-hybridized carbons (Fsp3) is 0. The van der Waals surface area contributed by atoms with Crippen molar-refractivity contribution >= 4 is 33.1 Å². The Hall–Kier alpha value is -1.66. The molecule has 3 nitrogen and oxygen atoms in total. The van der Waals surface area contributed by atoms with Gasteiger partial charge in [-0.25, -0.2) is 4.39 Å². The molecule has 0 aliphatic carbocycles. The fourth-order valence-electron chi connectivity index (χ4n) is 1.80. The van der Waals surface area contributed by atoms with E-state index >= 15 is 0 Å². The van der Waals surface area contributed by atoms with Crippen molar-refractivity contribution in [3.63, 3.8) is 0 Å². The number of aromatic nitrogens is 1. The first kappa shape index (κ1) is 12.4. The van der Waals surface area contributed by atoms with E-state index in [1.54, 1.807) is 12.1 Å². The van der Waals surface area contributed by atoms with Crippen LogP contribution in [0.1, 0.15) is 0 Å². The molecule has 0 bridgehead atoms. The molecule has 0 radical (unpaired) electrons. The third-order valence-electron chi connectivity index (χ3n) is 2.67. The average Bonchev–Trinajstić information content (AvgIpc) is 3.01. The largest absolute Gasteiger partial charge is 0.380 e. The summed E-state index contributed by atoms with van der Waals surface area (Å²) in [5.41, 5.74) is 7.15. The summed E-state index contributed by atoms with van der Waals surface area (Å²) < 4.78 is 19.3. The summed E-state index contributed by atoms with van der Waals surface area (Å²) in [4.78, 5) is 0.942. The first-order chi connectivity index (χ1) is 9.16. The number of nitrogens with zero attached hydrogens (tertiary/aromatic N) is 1. The molecule has 3 aromatic rings. The Morgan fingerprint density at radius 2 is 2.16 bits per heavy atom. The van der Waals surface area contributed by atoms with Crippen molar-refractivity contribution < 1.29 is 8.91 Å². The minimum Gasteiger partial charge on any atom is -0.380 e. The molecule has 0 saturated heterocycles. The van der Waals surface area contributed by atoms with Crippen molar-refractivity contribution in [1.29, 1.82) is 0 Å².